The van der Waals surface area contributed by atoms with Gasteiger partial charge < -0.3 is 30.0 Å². The molecule has 0 spiro atoms. The number of hydrogen-bond acceptors (Lipinski definition) is 6. The lowest BCUT2D eigenvalue weighted by Crippen LogP contribution is -2.41. The Morgan fingerprint density at radius 2 is 1.69 bits per heavy atom. The number of hydrogen-bond donors (Lipinski definition) is 3. The first-order valence-corrected chi connectivity index (χ1v) is 8.01. The molecular formula is C17H20BF2NO5. The van der Waals surface area contributed by atoms with Gasteiger partial charge in [0.25, 0.3) is 0 Å². The number of fused-ring (bicyclic) bond motifs is 1. The fourth-order valence-corrected chi connectivity index (χ4v) is 2.85. The van der Waals surface area contributed by atoms with Crippen LogP contribution in [0.25, 0.3) is 10.8 Å². The lowest BCUT2D eigenvalue weighted by molar-refractivity contribution is -0.375. The van der Waals surface area contributed by atoms with Gasteiger partial charge in [-0.15, -0.1) is 4.39 Å². The molecule has 1 saturated heterocycles. The number of rotatable bonds is 3. The predicted octanol–water partition coefficient (Wildman–Crippen LogP) is 1.80. The summed E-state index contributed by atoms with van der Waals surface area (Å²) in [6.45, 7) is 7.36. The van der Waals surface area contributed by atoms with Crippen LogP contribution < -0.4 is 15.9 Å². The molecule has 26 heavy (non-hydrogen) atoms. The minimum atomic E-state index is -4.05. The highest BCUT2D eigenvalue weighted by Crippen LogP contribution is 2.39. The van der Waals surface area contributed by atoms with Crippen molar-refractivity contribution in [2.45, 2.75) is 45.1 Å². The van der Waals surface area contributed by atoms with E-state index in [1.54, 1.807) is 0 Å². The van der Waals surface area contributed by atoms with Crippen LogP contribution >= 0.6 is 0 Å². The molecule has 6 nitrogen and oxygen atoms in total. The van der Waals surface area contributed by atoms with Gasteiger partial charge in [-0.25, -0.2) is 4.39 Å². The highest BCUT2D eigenvalue weighted by Gasteiger charge is 2.52. The number of ether oxygens (including phenoxy) is 1. The number of halogens is 2. The molecular weight excluding hydrogens is 347 g/mol. The molecule has 1 heterocycles. The normalized spacial score (nSPS) is 19.2. The monoisotopic (exact) mass is 367 g/mol. The Morgan fingerprint density at radius 1 is 1.12 bits per heavy atom. The van der Waals surface area contributed by atoms with Gasteiger partial charge in [0, 0.05) is 11.1 Å². The van der Waals surface area contributed by atoms with Crippen molar-refractivity contribution >= 4 is 29.0 Å². The summed E-state index contributed by atoms with van der Waals surface area (Å²) in [6.07, 6.45) is -4.05. The predicted molar refractivity (Wildman–Crippen MR) is 92.9 cm³/mol. The van der Waals surface area contributed by atoms with Gasteiger partial charge in [-0.2, -0.15) is 0 Å². The van der Waals surface area contributed by atoms with E-state index in [9.17, 15) is 8.78 Å². The largest absolute Gasteiger partial charge is 0.495 e. The Hall–Kier alpha value is -1.94. The summed E-state index contributed by atoms with van der Waals surface area (Å²) in [5.41, 5.74) is 5.20. The van der Waals surface area contributed by atoms with E-state index in [1.807, 2.05) is 27.7 Å². The summed E-state index contributed by atoms with van der Waals surface area (Å²) in [6, 6.07) is 5.44. The first-order valence-electron chi connectivity index (χ1n) is 8.01. The molecule has 140 valence electrons. The van der Waals surface area contributed by atoms with Crippen LogP contribution in [0, 0.1) is 5.82 Å². The van der Waals surface area contributed by atoms with Crippen molar-refractivity contribution in [2.24, 2.45) is 0 Å². The van der Waals surface area contributed by atoms with Crippen molar-refractivity contribution in [1.29, 1.82) is 0 Å². The van der Waals surface area contributed by atoms with E-state index in [0.717, 1.165) is 6.07 Å². The van der Waals surface area contributed by atoms with E-state index in [4.69, 9.17) is 25.3 Å². The van der Waals surface area contributed by atoms with Crippen LogP contribution in [0.3, 0.4) is 0 Å². The minimum absolute atomic E-state index is 0.0721. The quantitative estimate of drug-likeness (QED) is 0.435. The van der Waals surface area contributed by atoms with Crippen LogP contribution in [0.4, 0.5) is 14.5 Å². The lowest BCUT2D eigenvalue weighted by Gasteiger charge is -2.32. The average Bonchev–Trinajstić information content (AvgIpc) is 2.68. The molecule has 4 N–H and O–H groups in total. The van der Waals surface area contributed by atoms with Crippen LogP contribution in [0.5, 0.6) is 5.75 Å². The molecule has 1 aliphatic heterocycles. The second kappa shape index (κ2) is 5.78. The van der Waals surface area contributed by atoms with Crippen molar-refractivity contribution in [1.82, 2.24) is 0 Å². The molecule has 0 saturated carbocycles. The molecule has 3 rings (SSSR count). The highest BCUT2D eigenvalue weighted by molar-refractivity contribution is 6.65. The molecule has 1 aliphatic rings. The second-order valence-electron chi connectivity index (χ2n) is 7.30. The van der Waals surface area contributed by atoms with Crippen molar-refractivity contribution in [2.75, 3.05) is 5.73 Å². The second-order valence-corrected chi connectivity index (χ2v) is 7.30. The number of benzene rings is 2. The molecule has 9 heteroatoms. The highest BCUT2D eigenvalue weighted by atomic mass is 19.2. The Bertz CT molecular complexity index is 850. The van der Waals surface area contributed by atoms with Gasteiger partial charge >= 0.3 is 13.3 Å². The van der Waals surface area contributed by atoms with Crippen molar-refractivity contribution in [3.63, 3.8) is 0 Å². The van der Waals surface area contributed by atoms with Crippen LogP contribution in [0.15, 0.2) is 24.3 Å². The van der Waals surface area contributed by atoms with Gasteiger partial charge in [0.2, 0.25) is 0 Å². The molecule has 1 fully saturated rings. The van der Waals surface area contributed by atoms with Gasteiger partial charge in [0.1, 0.15) is 0 Å². The minimum Gasteiger partial charge on any atom is -0.409 e. The summed E-state index contributed by atoms with van der Waals surface area (Å²) >= 11 is 0. The molecule has 2 aromatic carbocycles. The standard InChI is InChI=1S/C17H20BF2NO5/c1-15(2)16(3,4)26-18(25-15)11-8-10(21)7-9-5-6-12(19)14(13(9)11)24-17(20,22)23/h5-8,22-23H,21H2,1-4H3. The third-order valence-electron chi connectivity index (χ3n) is 4.81. The zero-order valence-corrected chi connectivity index (χ0v) is 14.8. The third kappa shape index (κ3) is 3.23. The molecule has 0 unspecified atom stereocenters. The number of aliphatic hydroxyl groups is 2. The number of alkyl halides is 1. The Balaban J connectivity index is 2.24. The van der Waals surface area contributed by atoms with E-state index < -0.39 is 36.1 Å². The van der Waals surface area contributed by atoms with Crippen LogP contribution in [0.2, 0.25) is 0 Å². The fourth-order valence-electron chi connectivity index (χ4n) is 2.85. The molecule has 0 bridgehead atoms. The fraction of sp³-hybridized carbons (Fsp3) is 0.412. The summed E-state index contributed by atoms with van der Waals surface area (Å²) in [7, 11) is -0.943. The summed E-state index contributed by atoms with van der Waals surface area (Å²) in [4.78, 5) is 0. The van der Waals surface area contributed by atoms with Gasteiger partial charge in [-0.1, -0.05) is 6.07 Å². The molecule has 0 amide bonds. The van der Waals surface area contributed by atoms with Gasteiger partial charge in [-0.05, 0) is 56.7 Å². The van der Waals surface area contributed by atoms with E-state index >= 15 is 0 Å². The van der Waals surface area contributed by atoms with Crippen molar-refractivity contribution in [3.05, 3.63) is 30.1 Å². The molecule has 0 atom stereocenters. The zero-order valence-electron chi connectivity index (χ0n) is 14.8. The lowest BCUT2D eigenvalue weighted by atomic mass is 9.75. The van der Waals surface area contributed by atoms with Gasteiger partial charge in [0.15, 0.2) is 11.6 Å². The van der Waals surface area contributed by atoms with Crippen molar-refractivity contribution < 1.29 is 33.0 Å². The molecule has 2 aromatic rings. The van der Waals surface area contributed by atoms with E-state index in [-0.39, 0.29) is 10.8 Å². The molecule has 0 aromatic heterocycles. The summed E-state index contributed by atoms with van der Waals surface area (Å²) < 4.78 is 43.9. The summed E-state index contributed by atoms with van der Waals surface area (Å²) in [5.74, 6) is -1.66. The van der Waals surface area contributed by atoms with Crippen molar-refractivity contribution in [3.8, 4) is 5.75 Å². The third-order valence-corrected chi connectivity index (χ3v) is 4.81. The smallest absolute Gasteiger partial charge is 0.409 e. The van der Waals surface area contributed by atoms with E-state index in [1.165, 1.54) is 18.2 Å². The Labute approximate surface area is 149 Å². The maximum Gasteiger partial charge on any atom is 0.495 e. The first-order chi connectivity index (χ1) is 11.8. The average molecular weight is 367 g/mol. The van der Waals surface area contributed by atoms with Gasteiger partial charge in [0.05, 0.1) is 11.2 Å². The maximum absolute atomic E-state index is 14.3. The number of nitrogens with two attached hydrogens (primary N) is 1. The number of anilines is 1. The van der Waals surface area contributed by atoms with Crippen LogP contribution in [-0.4, -0.2) is 34.8 Å². The topological polar surface area (TPSA) is 94.2 Å². The van der Waals surface area contributed by atoms with Crippen LogP contribution in [-0.2, 0) is 9.31 Å². The SMILES string of the molecule is CC1(C)OB(c2cc(N)cc3ccc(F)c(OC(O)(O)F)c23)OC1(C)C. The summed E-state index contributed by atoms with van der Waals surface area (Å²) in [5, 5.41) is 18.4. The van der Waals surface area contributed by atoms with Crippen LogP contribution in [0.1, 0.15) is 27.7 Å². The van der Waals surface area contributed by atoms with E-state index in [2.05, 4.69) is 4.74 Å². The maximum atomic E-state index is 14.3. The number of nitrogen functional groups attached to an aromatic ring is 1. The van der Waals surface area contributed by atoms with E-state index in [0.29, 0.717) is 11.1 Å². The molecule has 0 radical (unpaired) electrons. The Kier molecular flexibility index (Phi) is 4.19. The zero-order chi connectivity index (χ0) is 19.5. The first kappa shape index (κ1) is 18.8. The Morgan fingerprint density at radius 3 is 2.23 bits per heavy atom. The van der Waals surface area contributed by atoms with Gasteiger partial charge in [-0.3, -0.25) is 0 Å². The molecule has 0 aliphatic carbocycles.